The summed E-state index contributed by atoms with van der Waals surface area (Å²) in [6.45, 7) is 5.05. The average Bonchev–Trinajstić information content (AvgIpc) is 2.74. The van der Waals surface area contributed by atoms with Gasteiger partial charge in [-0.05, 0) is 60.5 Å². The summed E-state index contributed by atoms with van der Waals surface area (Å²) in [6, 6.07) is 15.1. The molecule has 0 saturated heterocycles. The molecule has 1 aromatic heterocycles. The second kappa shape index (κ2) is 10.6. The lowest BCUT2D eigenvalue weighted by atomic mass is 10.2. The summed E-state index contributed by atoms with van der Waals surface area (Å²) in [5.74, 6) is 0.876. The Balaban J connectivity index is 1.71. The van der Waals surface area contributed by atoms with E-state index in [1.165, 1.54) is 0 Å². The van der Waals surface area contributed by atoms with Crippen LogP contribution in [0.3, 0.4) is 0 Å². The molecule has 0 aliphatic carbocycles. The molecule has 3 rings (SSSR count). The molecular weight excluding hydrogens is 479 g/mol. The van der Waals surface area contributed by atoms with E-state index in [0.717, 1.165) is 10.0 Å². The maximum atomic E-state index is 14.5. The molecule has 32 heavy (non-hydrogen) atoms. The zero-order valence-electron chi connectivity index (χ0n) is 18.2. The summed E-state index contributed by atoms with van der Waals surface area (Å²) in [4.78, 5) is 16.1. The molecule has 1 unspecified atom stereocenters. The van der Waals surface area contributed by atoms with Crippen LogP contribution in [-0.2, 0) is 11.3 Å². The maximum absolute atomic E-state index is 14.5. The van der Waals surface area contributed by atoms with Crippen molar-refractivity contribution in [2.45, 2.75) is 39.2 Å². The molecule has 0 spiro atoms. The molecule has 8 heteroatoms. The fraction of sp³-hybridized carbons (Fsp3) is 0.333. The highest BCUT2D eigenvalue weighted by atomic mass is 79.9. The van der Waals surface area contributed by atoms with Crippen molar-refractivity contribution < 1.29 is 23.4 Å². The Morgan fingerprint density at radius 2 is 1.91 bits per heavy atom. The van der Waals surface area contributed by atoms with Gasteiger partial charge < -0.3 is 19.5 Å². The number of carbonyl (C=O) groups excluding carboxylic acids is 1. The molecule has 2 aromatic carbocycles. The van der Waals surface area contributed by atoms with Crippen molar-refractivity contribution in [1.29, 1.82) is 0 Å². The van der Waals surface area contributed by atoms with E-state index in [9.17, 15) is 9.18 Å². The number of pyridine rings is 1. The van der Waals surface area contributed by atoms with E-state index in [2.05, 4.69) is 26.2 Å². The second-order valence-corrected chi connectivity index (χ2v) is 9.09. The van der Waals surface area contributed by atoms with E-state index in [-0.39, 0.29) is 13.2 Å². The number of hydrogen-bond donors (Lipinski definition) is 1. The first kappa shape index (κ1) is 23.8. The number of nitrogens with zero attached hydrogens (tertiary/aromatic N) is 1. The number of carbonyl (C=O) groups is 1. The van der Waals surface area contributed by atoms with Gasteiger partial charge in [0.25, 0.3) is 0 Å². The molecule has 0 aliphatic rings. The van der Waals surface area contributed by atoms with Crippen LogP contribution in [0.2, 0.25) is 0 Å². The molecule has 0 aliphatic heterocycles. The highest BCUT2D eigenvalue weighted by Crippen LogP contribution is 2.37. The van der Waals surface area contributed by atoms with Gasteiger partial charge in [-0.3, -0.25) is 4.98 Å². The van der Waals surface area contributed by atoms with Gasteiger partial charge in [-0.25, -0.2) is 9.18 Å². The van der Waals surface area contributed by atoms with Crippen LogP contribution in [-0.4, -0.2) is 36.0 Å². The summed E-state index contributed by atoms with van der Waals surface area (Å²) < 4.78 is 32.2. The topological polar surface area (TPSA) is 69.7 Å². The normalized spacial score (nSPS) is 12.3. The summed E-state index contributed by atoms with van der Waals surface area (Å²) >= 11 is 3.42. The number of alkyl halides is 1. The first-order valence-electron chi connectivity index (χ1n) is 10.2. The monoisotopic (exact) mass is 504 g/mol. The molecule has 0 saturated carbocycles. The summed E-state index contributed by atoms with van der Waals surface area (Å²) in [5, 5.41) is 3.11. The molecule has 170 valence electrons. The fourth-order valence-corrected chi connectivity index (χ4v) is 3.20. The lowest BCUT2D eigenvalue weighted by Crippen LogP contribution is -2.37. The molecule has 3 aromatic rings. The first-order valence-corrected chi connectivity index (χ1v) is 11.0. The molecular formula is C24H26BrFN2O4. The minimum Gasteiger partial charge on any atom is -0.486 e. The van der Waals surface area contributed by atoms with Crippen LogP contribution in [0.5, 0.6) is 11.5 Å². The Morgan fingerprint density at radius 3 is 2.62 bits per heavy atom. The number of ether oxygens (including phenoxy) is 3. The predicted octanol–water partition coefficient (Wildman–Crippen LogP) is 5.82. The first-order chi connectivity index (χ1) is 15.2. The van der Waals surface area contributed by atoms with E-state index in [1.807, 2.05) is 42.5 Å². The van der Waals surface area contributed by atoms with Crippen molar-refractivity contribution in [1.82, 2.24) is 10.3 Å². The molecule has 1 atom stereocenters. The molecule has 1 N–H and O–H groups in total. The second-order valence-electron chi connectivity index (χ2n) is 8.18. The molecule has 1 amide bonds. The Hall–Kier alpha value is -2.87. The minimum absolute atomic E-state index is 0.234. The largest absolute Gasteiger partial charge is 0.486 e. The van der Waals surface area contributed by atoms with Crippen LogP contribution in [0.15, 0.2) is 59.2 Å². The van der Waals surface area contributed by atoms with Crippen molar-refractivity contribution in [2.75, 3.05) is 13.2 Å². The van der Waals surface area contributed by atoms with Crippen molar-refractivity contribution in [3.05, 3.63) is 64.8 Å². The lowest BCUT2D eigenvalue weighted by Gasteiger charge is -2.20. The lowest BCUT2D eigenvalue weighted by molar-refractivity contribution is 0.0505. The number of rotatable bonds is 8. The Kier molecular flexibility index (Phi) is 7.90. The van der Waals surface area contributed by atoms with Gasteiger partial charge in [0.05, 0.1) is 12.1 Å². The van der Waals surface area contributed by atoms with Gasteiger partial charge in [-0.1, -0.05) is 30.3 Å². The smallest absolute Gasteiger partial charge is 0.407 e. The average molecular weight is 505 g/mol. The molecule has 0 fully saturated rings. The van der Waals surface area contributed by atoms with Crippen molar-refractivity contribution in [3.8, 4) is 11.5 Å². The van der Waals surface area contributed by atoms with Gasteiger partial charge in [-0.2, -0.15) is 0 Å². The zero-order chi connectivity index (χ0) is 23.1. The number of halogens is 2. The van der Waals surface area contributed by atoms with Crippen LogP contribution in [0, 0.1) is 0 Å². The number of nitrogens with one attached hydrogen (secondary N) is 1. The molecule has 1 heterocycles. The highest BCUT2D eigenvalue weighted by molar-refractivity contribution is 9.10. The molecule has 6 nitrogen and oxygen atoms in total. The third-order valence-electron chi connectivity index (χ3n) is 4.26. The zero-order valence-corrected chi connectivity index (χ0v) is 19.8. The van der Waals surface area contributed by atoms with Crippen LogP contribution in [0.1, 0.15) is 26.3 Å². The van der Waals surface area contributed by atoms with E-state index in [4.69, 9.17) is 14.2 Å². The van der Waals surface area contributed by atoms with Gasteiger partial charge >= 0.3 is 6.09 Å². The molecule has 0 bridgehead atoms. The highest BCUT2D eigenvalue weighted by Gasteiger charge is 2.19. The quantitative estimate of drug-likeness (QED) is 0.418. The number of amides is 1. The van der Waals surface area contributed by atoms with Crippen molar-refractivity contribution in [2.24, 2.45) is 0 Å². The van der Waals surface area contributed by atoms with E-state index in [1.54, 1.807) is 33.0 Å². The van der Waals surface area contributed by atoms with Crippen molar-refractivity contribution in [3.63, 3.8) is 0 Å². The van der Waals surface area contributed by atoms with E-state index >= 15 is 0 Å². The summed E-state index contributed by atoms with van der Waals surface area (Å²) in [5.41, 5.74) is 1.04. The Labute approximate surface area is 195 Å². The number of fused-ring (bicyclic) bond motifs is 1. The molecule has 0 radical (unpaired) electrons. The summed E-state index contributed by atoms with van der Waals surface area (Å²) in [6.07, 6.45) is -0.440. The van der Waals surface area contributed by atoms with Crippen LogP contribution in [0.25, 0.3) is 10.9 Å². The van der Waals surface area contributed by atoms with Gasteiger partial charge in [0, 0.05) is 16.1 Å². The number of hydrogen-bond acceptors (Lipinski definition) is 5. The SMILES string of the molecule is CC(C)(C)OC(=O)NCC(F)COc1c(OCc2ccccc2)ccc2ncc(Br)cc12. The Morgan fingerprint density at radius 1 is 1.16 bits per heavy atom. The minimum atomic E-state index is -1.44. The van der Waals surface area contributed by atoms with E-state index in [0.29, 0.717) is 29.0 Å². The number of aromatic nitrogens is 1. The van der Waals surface area contributed by atoms with Crippen molar-refractivity contribution >= 4 is 32.9 Å². The van der Waals surface area contributed by atoms with Crippen LogP contribution < -0.4 is 14.8 Å². The fourth-order valence-electron chi connectivity index (χ4n) is 2.87. The van der Waals surface area contributed by atoms with Crippen LogP contribution in [0.4, 0.5) is 9.18 Å². The maximum Gasteiger partial charge on any atom is 0.407 e. The van der Waals surface area contributed by atoms with Gasteiger partial charge in [0.1, 0.15) is 18.8 Å². The number of alkyl carbamates (subject to hydrolysis) is 1. The summed E-state index contributed by atoms with van der Waals surface area (Å²) in [7, 11) is 0. The third-order valence-corrected chi connectivity index (χ3v) is 4.69. The Bertz CT molecular complexity index is 1060. The van der Waals surface area contributed by atoms with E-state index < -0.39 is 17.9 Å². The third kappa shape index (κ3) is 7.09. The van der Waals surface area contributed by atoms with Gasteiger partial charge in [-0.15, -0.1) is 0 Å². The van der Waals surface area contributed by atoms with Crippen LogP contribution >= 0.6 is 15.9 Å². The van der Waals surface area contributed by atoms with Gasteiger partial charge in [0.2, 0.25) is 0 Å². The predicted molar refractivity (Wildman–Crippen MR) is 125 cm³/mol. The number of benzene rings is 2. The standard InChI is InChI=1S/C24H26BrFN2O4/c1-24(2,3)32-23(29)28-13-18(26)15-31-22-19-11-17(25)12-27-20(19)9-10-21(22)30-14-16-7-5-4-6-8-16/h4-12,18H,13-15H2,1-3H3,(H,28,29). The van der Waals surface area contributed by atoms with Gasteiger partial charge in [0.15, 0.2) is 17.7 Å².